The number of benzene rings is 1. The predicted octanol–water partition coefficient (Wildman–Crippen LogP) is 3.13. The zero-order valence-corrected chi connectivity index (χ0v) is 13.7. The van der Waals surface area contributed by atoms with Crippen LogP contribution in [0.2, 0.25) is 0 Å². The van der Waals surface area contributed by atoms with Gasteiger partial charge in [-0.3, -0.25) is 14.5 Å². The van der Waals surface area contributed by atoms with Gasteiger partial charge in [0.25, 0.3) is 0 Å². The van der Waals surface area contributed by atoms with Gasteiger partial charge in [-0.2, -0.15) is 13.2 Å². The molecule has 2 bridgehead atoms. The molecule has 4 aliphatic carbocycles. The Morgan fingerprint density at radius 3 is 2.23 bits per heavy atom. The molecule has 0 aromatic heterocycles. The van der Waals surface area contributed by atoms with Gasteiger partial charge in [0.2, 0.25) is 11.8 Å². The summed E-state index contributed by atoms with van der Waals surface area (Å²) in [5.41, 5.74) is -0.531. The van der Waals surface area contributed by atoms with Gasteiger partial charge in [-0.15, -0.1) is 0 Å². The molecular weight excluding hydrogens is 345 g/mol. The van der Waals surface area contributed by atoms with Crippen molar-refractivity contribution in [3.05, 3.63) is 42.0 Å². The summed E-state index contributed by atoms with van der Waals surface area (Å²) in [7, 11) is 0. The van der Waals surface area contributed by atoms with E-state index in [1.54, 1.807) is 0 Å². The quantitative estimate of drug-likeness (QED) is 0.664. The lowest BCUT2D eigenvalue weighted by Crippen LogP contribution is -2.40. The highest BCUT2D eigenvalue weighted by Crippen LogP contribution is 2.65. The van der Waals surface area contributed by atoms with E-state index in [1.807, 2.05) is 0 Å². The molecule has 1 aliphatic heterocycles. The van der Waals surface area contributed by atoms with Gasteiger partial charge in [-0.25, -0.2) is 0 Å². The van der Waals surface area contributed by atoms with Gasteiger partial charge < -0.3 is 5.32 Å². The Bertz CT molecular complexity index is 798. The second-order valence-electron chi connectivity index (χ2n) is 7.67. The molecule has 2 amide bonds. The van der Waals surface area contributed by atoms with Crippen molar-refractivity contribution in [2.45, 2.75) is 12.6 Å². The minimum absolute atomic E-state index is 0.0965. The average Bonchev–Trinajstić information content (AvgIpc) is 3.38. The maximum Gasteiger partial charge on any atom is 0.416 e. The molecule has 0 spiro atoms. The molecule has 1 aromatic rings. The Hall–Kier alpha value is -2.31. The third-order valence-corrected chi connectivity index (χ3v) is 6.39. The third-order valence-electron chi connectivity index (χ3n) is 6.39. The zero-order chi connectivity index (χ0) is 18.2. The highest BCUT2D eigenvalue weighted by Gasteiger charge is 2.66. The summed E-state index contributed by atoms with van der Waals surface area (Å²) in [4.78, 5) is 26.8. The Kier molecular flexibility index (Phi) is 3.13. The number of likely N-dealkylation sites (tertiary alicyclic amines) is 1. The number of anilines is 1. The molecule has 136 valence electrons. The fourth-order valence-electron chi connectivity index (χ4n) is 5.15. The molecule has 4 nitrogen and oxygen atoms in total. The second kappa shape index (κ2) is 5.11. The van der Waals surface area contributed by atoms with Crippen LogP contribution in [0.4, 0.5) is 18.9 Å². The summed E-state index contributed by atoms with van der Waals surface area (Å²) in [5, 5.41) is 2.81. The number of nitrogens with one attached hydrogen (secondary N) is 1. The van der Waals surface area contributed by atoms with Crippen LogP contribution in [0, 0.1) is 35.5 Å². The zero-order valence-electron chi connectivity index (χ0n) is 13.7. The fourth-order valence-corrected chi connectivity index (χ4v) is 5.15. The number of carbonyl (C=O) groups is 2. The van der Waals surface area contributed by atoms with Crippen LogP contribution in [0.1, 0.15) is 12.0 Å². The Morgan fingerprint density at radius 2 is 1.65 bits per heavy atom. The van der Waals surface area contributed by atoms with Gasteiger partial charge in [0.05, 0.1) is 24.1 Å². The first kappa shape index (κ1) is 15.9. The van der Waals surface area contributed by atoms with E-state index in [0.29, 0.717) is 11.8 Å². The third kappa shape index (κ3) is 2.15. The second-order valence-corrected chi connectivity index (χ2v) is 7.67. The summed E-state index contributed by atoms with van der Waals surface area (Å²) >= 11 is 0. The number of hydrogen-bond acceptors (Lipinski definition) is 3. The van der Waals surface area contributed by atoms with Crippen molar-refractivity contribution < 1.29 is 22.8 Å². The average molecular weight is 362 g/mol. The molecular formula is C19H17F3N2O2. The van der Waals surface area contributed by atoms with Crippen molar-refractivity contribution in [1.29, 1.82) is 0 Å². The van der Waals surface area contributed by atoms with Gasteiger partial charge in [-0.1, -0.05) is 18.2 Å². The van der Waals surface area contributed by atoms with Crippen LogP contribution in [-0.2, 0) is 15.8 Å². The maximum absolute atomic E-state index is 12.8. The smallest absolute Gasteiger partial charge is 0.367 e. The van der Waals surface area contributed by atoms with Crippen LogP contribution >= 0.6 is 0 Å². The number of rotatable bonds is 3. The molecule has 0 unspecified atom stereocenters. The number of nitrogens with zero attached hydrogens (tertiary/aromatic N) is 1. The maximum atomic E-state index is 12.8. The lowest BCUT2D eigenvalue weighted by molar-refractivity contribution is -0.140. The van der Waals surface area contributed by atoms with Gasteiger partial charge in [0.15, 0.2) is 0 Å². The minimum Gasteiger partial charge on any atom is -0.367 e. The fraction of sp³-hybridized carbons (Fsp3) is 0.474. The highest BCUT2D eigenvalue weighted by atomic mass is 19.4. The Morgan fingerprint density at radius 1 is 1.04 bits per heavy atom. The molecule has 5 aliphatic rings. The molecule has 1 aromatic carbocycles. The van der Waals surface area contributed by atoms with Crippen LogP contribution in [-0.4, -0.2) is 23.4 Å². The van der Waals surface area contributed by atoms with E-state index >= 15 is 0 Å². The van der Waals surface area contributed by atoms with Crippen LogP contribution in [0.5, 0.6) is 0 Å². The number of amides is 2. The van der Waals surface area contributed by atoms with Crippen LogP contribution in [0.3, 0.4) is 0 Å². The van der Waals surface area contributed by atoms with Crippen LogP contribution < -0.4 is 5.32 Å². The monoisotopic (exact) mass is 362 g/mol. The van der Waals surface area contributed by atoms with E-state index in [-0.39, 0.29) is 47.8 Å². The van der Waals surface area contributed by atoms with Crippen molar-refractivity contribution in [3.8, 4) is 0 Å². The highest BCUT2D eigenvalue weighted by molar-refractivity contribution is 6.06. The van der Waals surface area contributed by atoms with Gasteiger partial charge in [0, 0.05) is 5.69 Å². The molecule has 1 N–H and O–H groups in total. The van der Waals surface area contributed by atoms with Crippen LogP contribution in [0.15, 0.2) is 36.4 Å². The lowest BCUT2D eigenvalue weighted by atomic mass is 9.63. The minimum atomic E-state index is -4.43. The standard InChI is InChI=1S/C19H17F3N2O2/c20-19(21,22)9-2-1-3-10(6-9)23-8-24-17(25)15-11-4-5-12(14-7-13(11)14)16(15)18(24)26/h1-6,11-16,23H,7-8H2/t11-,12-,13-,14+,15+,16+/m0/s1. The van der Waals surface area contributed by atoms with E-state index in [9.17, 15) is 22.8 Å². The van der Waals surface area contributed by atoms with Crippen molar-refractivity contribution >= 4 is 17.5 Å². The van der Waals surface area contributed by atoms with E-state index in [1.165, 1.54) is 17.0 Å². The first-order chi connectivity index (χ1) is 12.4. The number of hydrogen-bond donors (Lipinski definition) is 1. The van der Waals surface area contributed by atoms with Crippen molar-refractivity contribution in [3.63, 3.8) is 0 Å². The van der Waals surface area contributed by atoms with Crippen molar-refractivity contribution in [2.24, 2.45) is 35.5 Å². The predicted molar refractivity (Wildman–Crippen MR) is 86.5 cm³/mol. The van der Waals surface area contributed by atoms with E-state index in [4.69, 9.17) is 0 Å². The topological polar surface area (TPSA) is 49.4 Å². The van der Waals surface area contributed by atoms with Crippen LogP contribution in [0.25, 0.3) is 0 Å². The van der Waals surface area contributed by atoms with Crippen molar-refractivity contribution in [1.82, 2.24) is 4.90 Å². The summed E-state index contributed by atoms with van der Waals surface area (Å²) < 4.78 is 38.4. The van der Waals surface area contributed by atoms with Crippen molar-refractivity contribution in [2.75, 3.05) is 12.0 Å². The first-order valence-corrected chi connectivity index (χ1v) is 8.81. The number of allylic oxidation sites excluding steroid dienone is 2. The van der Waals surface area contributed by atoms with E-state index in [0.717, 1.165) is 18.6 Å². The molecule has 2 saturated carbocycles. The molecule has 7 heteroatoms. The first-order valence-electron chi connectivity index (χ1n) is 8.81. The molecule has 1 heterocycles. The van der Waals surface area contributed by atoms with Gasteiger partial charge in [0.1, 0.15) is 0 Å². The Balaban J connectivity index is 1.33. The molecule has 26 heavy (non-hydrogen) atoms. The number of carbonyl (C=O) groups excluding carboxylic acids is 2. The number of imide groups is 1. The normalized spacial score (nSPS) is 37.0. The SMILES string of the molecule is O=C1[C@@H]2[C@H]3C=C[C@@H]([C@@H]4C[C@H]34)[C@H]2C(=O)N1CNc1cccc(C(F)(F)F)c1. The number of alkyl halides is 3. The molecule has 6 rings (SSSR count). The van der Waals surface area contributed by atoms with E-state index < -0.39 is 11.7 Å². The summed E-state index contributed by atoms with van der Waals surface area (Å²) in [6.45, 7) is -0.0965. The van der Waals surface area contributed by atoms with E-state index in [2.05, 4.69) is 17.5 Å². The van der Waals surface area contributed by atoms with Gasteiger partial charge in [-0.05, 0) is 48.3 Å². The Labute approximate surface area is 148 Å². The lowest BCUT2D eigenvalue weighted by Gasteiger charge is -2.37. The molecule has 6 atom stereocenters. The summed E-state index contributed by atoms with van der Waals surface area (Å²) in [5.74, 6) is 0.385. The summed E-state index contributed by atoms with van der Waals surface area (Å²) in [6, 6.07) is 4.77. The van der Waals surface area contributed by atoms with Gasteiger partial charge >= 0.3 is 6.18 Å². The molecule has 3 fully saturated rings. The summed E-state index contributed by atoms with van der Waals surface area (Å²) in [6.07, 6.45) is 0.847. The molecule has 1 saturated heterocycles. The largest absolute Gasteiger partial charge is 0.416 e. The molecule has 0 radical (unpaired) electrons. The number of halogens is 3.